The van der Waals surface area contributed by atoms with Crippen molar-refractivity contribution in [2.45, 2.75) is 25.9 Å². The van der Waals surface area contributed by atoms with Gasteiger partial charge in [-0.25, -0.2) is 10.4 Å². The Kier molecular flexibility index (Phi) is 5.45. The largest absolute Gasteiger partial charge is 0.467 e. The van der Waals surface area contributed by atoms with Crippen molar-refractivity contribution in [3.8, 4) is 0 Å². The molecule has 2 aliphatic rings. The zero-order valence-corrected chi connectivity index (χ0v) is 16.0. The highest BCUT2D eigenvalue weighted by Gasteiger charge is 2.50. The zero-order valence-electron chi connectivity index (χ0n) is 16.0. The Morgan fingerprint density at radius 3 is 2.75 bits per heavy atom. The Morgan fingerprint density at radius 1 is 1.21 bits per heavy atom. The minimum absolute atomic E-state index is 0.0286. The molecule has 4 rings (SSSR count). The number of carbonyl (C=O) groups is 2. The van der Waals surface area contributed by atoms with Crippen molar-refractivity contribution in [1.29, 1.82) is 0 Å². The van der Waals surface area contributed by atoms with Crippen LogP contribution in [0.2, 0.25) is 0 Å². The Bertz CT molecular complexity index is 808. The monoisotopic (exact) mass is 382 g/mol. The number of piperidine rings is 1. The van der Waals surface area contributed by atoms with Crippen LogP contribution in [0.15, 0.2) is 53.1 Å². The van der Waals surface area contributed by atoms with Crippen LogP contribution in [-0.4, -0.2) is 42.4 Å². The van der Waals surface area contributed by atoms with Gasteiger partial charge >= 0.3 is 0 Å². The molecule has 0 aliphatic carbocycles. The molecule has 2 aromatic rings. The fourth-order valence-electron chi connectivity index (χ4n) is 4.17. The van der Waals surface area contributed by atoms with Gasteiger partial charge in [0.05, 0.1) is 36.4 Å². The highest BCUT2D eigenvalue weighted by Crippen LogP contribution is 2.32. The fraction of sp³-hybridized carbons (Fsp3) is 0.429. The van der Waals surface area contributed by atoms with Crippen molar-refractivity contribution >= 4 is 17.5 Å². The van der Waals surface area contributed by atoms with Crippen molar-refractivity contribution < 1.29 is 14.0 Å². The molecule has 1 aromatic heterocycles. The lowest BCUT2D eigenvalue weighted by atomic mass is 9.84. The molecule has 2 amide bonds. The van der Waals surface area contributed by atoms with Gasteiger partial charge in [-0.1, -0.05) is 25.1 Å². The summed E-state index contributed by atoms with van der Waals surface area (Å²) in [4.78, 5) is 28.3. The van der Waals surface area contributed by atoms with Gasteiger partial charge in [0.15, 0.2) is 0 Å². The molecule has 2 aliphatic heterocycles. The summed E-state index contributed by atoms with van der Waals surface area (Å²) < 4.78 is 5.31. The molecular weight excluding hydrogens is 356 g/mol. The average Bonchev–Trinajstić information content (AvgIpc) is 3.35. The van der Waals surface area contributed by atoms with E-state index in [0.717, 1.165) is 18.7 Å². The van der Waals surface area contributed by atoms with E-state index in [0.29, 0.717) is 25.4 Å². The van der Waals surface area contributed by atoms with Gasteiger partial charge in [-0.05, 0) is 37.2 Å². The van der Waals surface area contributed by atoms with Gasteiger partial charge in [0.2, 0.25) is 11.8 Å². The van der Waals surface area contributed by atoms with E-state index in [1.54, 1.807) is 17.3 Å². The number of nitrogens with one attached hydrogen (secondary N) is 2. The summed E-state index contributed by atoms with van der Waals surface area (Å²) in [7, 11) is 0. The first kappa shape index (κ1) is 18.7. The van der Waals surface area contributed by atoms with Crippen LogP contribution in [0.3, 0.4) is 0 Å². The van der Waals surface area contributed by atoms with E-state index in [9.17, 15) is 9.59 Å². The van der Waals surface area contributed by atoms with E-state index in [-0.39, 0.29) is 29.7 Å². The van der Waals surface area contributed by atoms with E-state index in [4.69, 9.17) is 4.42 Å². The number of likely N-dealkylation sites (tertiary alicyclic amines) is 1. The second kappa shape index (κ2) is 8.16. The van der Waals surface area contributed by atoms with Crippen molar-refractivity contribution in [2.75, 3.05) is 24.6 Å². The predicted octanol–water partition coefficient (Wildman–Crippen LogP) is 1.77. The van der Waals surface area contributed by atoms with Crippen LogP contribution in [0.1, 0.15) is 19.1 Å². The summed E-state index contributed by atoms with van der Waals surface area (Å²) in [6.07, 6.45) is 2.58. The van der Waals surface area contributed by atoms with Gasteiger partial charge in [-0.3, -0.25) is 9.59 Å². The normalized spacial score (nSPS) is 25.0. The van der Waals surface area contributed by atoms with Gasteiger partial charge in [0.1, 0.15) is 5.76 Å². The molecule has 0 saturated carbocycles. The number of hydrogen-bond donors (Lipinski definition) is 2. The molecule has 0 radical (unpaired) electrons. The molecule has 3 atom stereocenters. The third-order valence-electron chi connectivity index (χ3n) is 5.50. The Morgan fingerprint density at radius 2 is 2.04 bits per heavy atom. The van der Waals surface area contributed by atoms with Crippen molar-refractivity contribution in [1.82, 2.24) is 15.6 Å². The van der Waals surface area contributed by atoms with Gasteiger partial charge in [-0.15, -0.1) is 0 Å². The Hall–Kier alpha value is -2.64. The van der Waals surface area contributed by atoms with Crippen LogP contribution in [-0.2, 0) is 16.1 Å². The number of anilines is 1. The maximum Gasteiger partial charge on any atom is 0.247 e. The first-order valence-electron chi connectivity index (χ1n) is 9.85. The van der Waals surface area contributed by atoms with Crippen LogP contribution in [0.5, 0.6) is 0 Å². The number of benzene rings is 1. The van der Waals surface area contributed by atoms with Crippen molar-refractivity contribution in [3.63, 3.8) is 0 Å². The van der Waals surface area contributed by atoms with Gasteiger partial charge in [0, 0.05) is 13.1 Å². The smallest absolute Gasteiger partial charge is 0.247 e. The van der Waals surface area contributed by atoms with E-state index in [1.165, 1.54) is 0 Å². The molecule has 3 unspecified atom stereocenters. The molecule has 7 nitrogen and oxygen atoms in total. The van der Waals surface area contributed by atoms with Crippen LogP contribution in [0.4, 0.5) is 5.69 Å². The summed E-state index contributed by atoms with van der Waals surface area (Å²) in [6, 6.07) is 13.0. The number of fused-ring (bicyclic) bond motifs is 1. The van der Waals surface area contributed by atoms with Crippen LogP contribution in [0.25, 0.3) is 0 Å². The molecule has 2 saturated heterocycles. The van der Waals surface area contributed by atoms with E-state index in [2.05, 4.69) is 22.6 Å². The van der Waals surface area contributed by atoms with Crippen LogP contribution < -0.4 is 15.8 Å². The molecule has 2 N–H and O–H groups in total. The predicted molar refractivity (Wildman–Crippen MR) is 105 cm³/mol. The first-order chi connectivity index (χ1) is 13.7. The average molecular weight is 382 g/mol. The molecule has 148 valence electrons. The lowest BCUT2D eigenvalue weighted by Crippen LogP contribution is -2.57. The molecular formula is C21H26N4O3. The molecule has 1 aromatic carbocycles. The molecule has 0 bridgehead atoms. The molecule has 2 fully saturated rings. The second-order valence-electron chi connectivity index (χ2n) is 7.43. The lowest BCUT2D eigenvalue weighted by Gasteiger charge is -2.38. The SMILES string of the molecule is CCCN1CC(C(=O)NCc2ccco2)C2NN(c3ccccc3)C(=O)C2C1. The topological polar surface area (TPSA) is 77.8 Å². The number of hydrogen-bond acceptors (Lipinski definition) is 5. The maximum absolute atomic E-state index is 13.1. The van der Waals surface area contributed by atoms with Crippen LogP contribution in [0, 0.1) is 11.8 Å². The number of hydrazine groups is 1. The summed E-state index contributed by atoms with van der Waals surface area (Å²) in [5.41, 5.74) is 4.12. The quantitative estimate of drug-likeness (QED) is 0.796. The number of rotatable bonds is 6. The highest BCUT2D eigenvalue weighted by molar-refractivity contribution is 5.98. The summed E-state index contributed by atoms with van der Waals surface area (Å²) >= 11 is 0. The van der Waals surface area contributed by atoms with Crippen LogP contribution >= 0.6 is 0 Å². The third-order valence-corrected chi connectivity index (χ3v) is 5.50. The zero-order chi connectivity index (χ0) is 19.5. The number of furan rings is 1. The lowest BCUT2D eigenvalue weighted by molar-refractivity contribution is -0.130. The minimum Gasteiger partial charge on any atom is -0.467 e. The fourth-order valence-corrected chi connectivity index (χ4v) is 4.17. The molecule has 3 heterocycles. The van der Waals surface area contributed by atoms with Gasteiger partial charge in [-0.2, -0.15) is 0 Å². The van der Waals surface area contributed by atoms with E-state index in [1.807, 2.05) is 36.4 Å². The number of nitrogens with zero attached hydrogens (tertiary/aromatic N) is 2. The van der Waals surface area contributed by atoms with E-state index < -0.39 is 0 Å². The minimum atomic E-state index is -0.307. The molecule has 7 heteroatoms. The Labute approximate surface area is 164 Å². The van der Waals surface area contributed by atoms with Crippen molar-refractivity contribution in [3.05, 3.63) is 54.5 Å². The second-order valence-corrected chi connectivity index (χ2v) is 7.43. The standard InChI is InChI=1S/C21H26N4O3/c1-2-10-24-13-17(20(26)22-12-16-9-6-11-28-16)19-18(14-24)21(27)25(23-19)15-7-4-3-5-8-15/h3-9,11,17-19,23H,2,10,12-14H2,1H3,(H,22,26). The van der Waals surface area contributed by atoms with E-state index >= 15 is 0 Å². The summed E-state index contributed by atoms with van der Waals surface area (Å²) in [5.74, 6) is 0.147. The summed E-state index contributed by atoms with van der Waals surface area (Å²) in [6.45, 7) is 4.66. The molecule has 28 heavy (non-hydrogen) atoms. The van der Waals surface area contributed by atoms with Gasteiger partial charge < -0.3 is 14.6 Å². The van der Waals surface area contributed by atoms with Gasteiger partial charge in [0.25, 0.3) is 0 Å². The highest BCUT2D eigenvalue weighted by atomic mass is 16.3. The Balaban J connectivity index is 1.53. The number of carbonyl (C=O) groups excluding carboxylic acids is 2. The summed E-state index contributed by atoms with van der Waals surface area (Å²) in [5, 5.41) is 4.58. The maximum atomic E-state index is 13.1. The molecule has 0 spiro atoms. The number of amides is 2. The first-order valence-corrected chi connectivity index (χ1v) is 9.85. The van der Waals surface area contributed by atoms with Crippen molar-refractivity contribution in [2.24, 2.45) is 11.8 Å². The third kappa shape index (κ3) is 3.68. The number of para-hydroxylation sites is 1.